The first-order chi connectivity index (χ1) is 9.13. The van der Waals surface area contributed by atoms with E-state index in [1.807, 2.05) is 0 Å². The van der Waals surface area contributed by atoms with E-state index in [0.717, 1.165) is 19.3 Å². The molecule has 1 aliphatic heterocycles. The van der Waals surface area contributed by atoms with Crippen LogP contribution >= 0.6 is 0 Å². The van der Waals surface area contributed by atoms with E-state index in [0.29, 0.717) is 26.3 Å². The van der Waals surface area contributed by atoms with Gasteiger partial charge in [-0.1, -0.05) is 19.8 Å². The lowest BCUT2D eigenvalue weighted by Gasteiger charge is -2.32. The fourth-order valence-corrected chi connectivity index (χ4v) is 1.97. The molecule has 1 atom stereocenters. The van der Waals surface area contributed by atoms with Crippen LogP contribution in [0.3, 0.4) is 0 Å². The van der Waals surface area contributed by atoms with Crippen molar-refractivity contribution in [3.8, 4) is 0 Å². The van der Waals surface area contributed by atoms with E-state index in [1.54, 1.807) is 4.90 Å². The molecule has 1 rings (SSSR count). The minimum absolute atomic E-state index is 0.0683. The van der Waals surface area contributed by atoms with Gasteiger partial charge < -0.3 is 19.5 Å². The fourth-order valence-electron chi connectivity index (χ4n) is 1.97. The van der Waals surface area contributed by atoms with Crippen molar-refractivity contribution in [3.63, 3.8) is 0 Å². The van der Waals surface area contributed by atoms with Gasteiger partial charge in [-0.3, -0.25) is 9.59 Å². The Morgan fingerprint density at radius 3 is 2.89 bits per heavy atom. The molecule has 1 saturated heterocycles. The second-order valence-corrected chi connectivity index (χ2v) is 4.69. The Labute approximate surface area is 113 Å². The van der Waals surface area contributed by atoms with E-state index in [2.05, 4.69) is 6.92 Å². The molecule has 110 valence electrons. The summed E-state index contributed by atoms with van der Waals surface area (Å²) in [4.78, 5) is 24.1. The number of carbonyl (C=O) groups is 2. The van der Waals surface area contributed by atoms with Crippen LogP contribution in [0.1, 0.15) is 32.6 Å². The van der Waals surface area contributed by atoms with Gasteiger partial charge in [-0.05, 0) is 6.42 Å². The summed E-state index contributed by atoms with van der Waals surface area (Å²) in [6.07, 6.45) is 2.72. The number of rotatable bonds is 8. The number of carboxylic acid groups (broad SMARTS) is 1. The minimum Gasteiger partial charge on any atom is -0.481 e. The van der Waals surface area contributed by atoms with Crippen molar-refractivity contribution in [2.75, 3.05) is 32.9 Å². The number of amides is 1. The number of hydrogen-bond donors (Lipinski definition) is 1. The van der Waals surface area contributed by atoms with Crippen LogP contribution in [-0.4, -0.2) is 60.9 Å². The van der Waals surface area contributed by atoms with Crippen LogP contribution in [0.25, 0.3) is 0 Å². The number of unbranched alkanes of at least 4 members (excludes halogenated alkanes) is 2. The van der Waals surface area contributed by atoms with Gasteiger partial charge in [0.1, 0.15) is 6.61 Å². The number of aliphatic carboxylic acids is 1. The Kier molecular flexibility index (Phi) is 7.43. The molecule has 0 bridgehead atoms. The van der Waals surface area contributed by atoms with E-state index in [4.69, 9.17) is 14.6 Å². The molecule has 0 spiro atoms. The Morgan fingerprint density at radius 1 is 1.42 bits per heavy atom. The van der Waals surface area contributed by atoms with Gasteiger partial charge >= 0.3 is 5.97 Å². The number of carbonyl (C=O) groups excluding carboxylic acids is 1. The van der Waals surface area contributed by atoms with Gasteiger partial charge in [-0.2, -0.15) is 0 Å². The van der Waals surface area contributed by atoms with Crippen molar-refractivity contribution in [3.05, 3.63) is 0 Å². The first-order valence-corrected chi connectivity index (χ1v) is 6.82. The molecule has 0 aromatic heterocycles. The molecule has 1 unspecified atom stereocenters. The quantitative estimate of drug-likeness (QED) is 0.665. The van der Waals surface area contributed by atoms with Crippen molar-refractivity contribution in [2.45, 2.75) is 38.7 Å². The molecule has 1 fully saturated rings. The second kappa shape index (κ2) is 8.87. The Morgan fingerprint density at radius 2 is 2.21 bits per heavy atom. The highest BCUT2D eigenvalue weighted by molar-refractivity contribution is 5.77. The number of hydrogen-bond acceptors (Lipinski definition) is 4. The van der Waals surface area contributed by atoms with Crippen LogP contribution in [-0.2, 0) is 19.1 Å². The molecule has 1 aliphatic rings. The smallest absolute Gasteiger partial charge is 0.306 e. The number of nitrogens with zero attached hydrogens (tertiary/aromatic N) is 1. The van der Waals surface area contributed by atoms with Crippen LogP contribution in [0.5, 0.6) is 0 Å². The minimum atomic E-state index is -0.907. The van der Waals surface area contributed by atoms with Gasteiger partial charge in [-0.15, -0.1) is 0 Å². The van der Waals surface area contributed by atoms with Gasteiger partial charge in [0.05, 0.1) is 19.1 Å². The molecule has 1 heterocycles. The second-order valence-electron chi connectivity index (χ2n) is 4.69. The highest BCUT2D eigenvalue weighted by Gasteiger charge is 2.25. The molecule has 0 aromatic carbocycles. The monoisotopic (exact) mass is 273 g/mol. The van der Waals surface area contributed by atoms with E-state index in [1.165, 1.54) is 0 Å². The third-order valence-electron chi connectivity index (χ3n) is 3.01. The molecule has 6 heteroatoms. The molecular formula is C13H23NO5. The van der Waals surface area contributed by atoms with Crippen LogP contribution in [0.2, 0.25) is 0 Å². The standard InChI is InChI=1S/C13H23NO5/c1-2-3-4-6-18-10-12(15)14-5-7-19-11(9-14)8-13(16)17/h11H,2-10H2,1H3,(H,16,17). The Bertz CT molecular complexity index is 295. The fraction of sp³-hybridized carbons (Fsp3) is 0.846. The molecule has 19 heavy (non-hydrogen) atoms. The van der Waals surface area contributed by atoms with E-state index in [9.17, 15) is 9.59 Å². The zero-order valence-electron chi connectivity index (χ0n) is 11.5. The summed E-state index contributed by atoms with van der Waals surface area (Å²) in [5.41, 5.74) is 0. The summed E-state index contributed by atoms with van der Waals surface area (Å²) in [6, 6.07) is 0. The lowest BCUT2D eigenvalue weighted by Crippen LogP contribution is -2.47. The predicted molar refractivity (Wildman–Crippen MR) is 68.9 cm³/mol. The largest absolute Gasteiger partial charge is 0.481 e. The van der Waals surface area contributed by atoms with Gasteiger partial charge in [0, 0.05) is 19.7 Å². The topological polar surface area (TPSA) is 76.1 Å². The Hall–Kier alpha value is -1.14. The third kappa shape index (κ3) is 6.54. The summed E-state index contributed by atoms with van der Waals surface area (Å²) in [7, 11) is 0. The van der Waals surface area contributed by atoms with Crippen molar-refractivity contribution in [2.24, 2.45) is 0 Å². The van der Waals surface area contributed by atoms with E-state index in [-0.39, 0.29) is 18.9 Å². The summed E-state index contributed by atoms with van der Waals surface area (Å²) in [6.45, 7) is 4.02. The SMILES string of the molecule is CCCCCOCC(=O)N1CCOC(CC(=O)O)C1. The average molecular weight is 273 g/mol. The average Bonchev–Trinajstić information content (AvgIpc) is 2.38. The van der Waals surface area contributed by atoms with E-state index >= 15 is 0 Å². The summed E-state index contributed by atoms with van der Waals surface area (Å²) < 4.78 is 10.6. The summed E-state index contributed by atoms with van der Waals surface area (Å²) in [5, 5.41) is 8.71. The zero-order chi connectivity index (χ0) is 14.1. The van der Waals surface area contributed by atoms with Gasteiger partial charge in [0.25, 0.3) is 0 Å². The number of carboxylic acids is 1. The Balaban J connectivity index is 2.22. The molecule has 0 radical (unpaired) electrons. The highest BCUT2D eigenvalue weighted by atomic mass is 16.5. The predicted octanol–water partition coefficient (Wildman–Crippen LogP) is 0.895. The lowest BCUT2D eigenvalue weighted by molar-refractivity contribution is -0.150. The van der Waals surface area contributed by atoms with Crippen molar-refractivity contribution in [1.29, 1.82) is 0 Å². The first kappa shape index (κ1) is 15.9. The van der Waals surface area contributed by atoms with Crippen LogP contribution in [0.15, 0.2) is 0 Å². The molecule has 1 N–H and O–H groups in total. The van der Waals surface area contributed by atoms with Gasteiger partial charge in [0.2, 0.25) is 5.91 Å². The number of morpholine rings is 1. The molecular weight excluding hydrogens is 250 g/mol. The van der Waals surface area contributed by atoms with Crippen LogP contribution < -0.4 is 0 Å². The van der Waals surface area contributed by atoms with Gasteiger partial charge in [0.15, 0.2) is 0 Å². The molecule has 0 aromatic rings. The molecule has 0 aliphatic carbocycles. The van der Waals surface area contributed by atoms with Gasteiger partial charge in [-0.25, -0.2) is 0 Å². The van der Waals surface area contributed by atoms with Crippen LogP contribution in [0, 0.1) is 0 Å². The lowest BCUT2D eigenvalue weighted by atomic mass is 10.2. The zero-order valence-corrected chi connectivity index (χ0v) is 11.5. The first-order valence-electron chi connectivity index (χ1n) is 6.82. The number of ether oxygens (including phenoxy) is 2. The molecule has 0 saturated carbocycles. The van der Waals surface area contributed by atoms with Crippen molar-refractivity contribution >= 4 is 11.9 Å². The highest BCUT2D eigenvalue weighted by Crippen LogP contribution is 2.09. The maximum absolute atomic E-state index is 11.9. The normalized spacial score (nSPS) is 19.4. The van der Waals surface area contributed by atoms with Crippen molar-refractivity contribution in [1.82, 2.24) is 4.90 Å². The van der Waals surface area contributed by atoms with E-state index < -0.39 is 12.1 Å². The maximum Gasteiger partial charge on any atom is 0.306 e. The maximum atomic E-state index is 11.9. The molecule has 6 nitrogen and oxygen atoms in total. The molecule has 1 amide bonds. The van der Waals surface area contributed by atoms with Crippen molar-refractivity contribution < 1.29 is 24.2 Å². The summed E-state index contributed by atoms with van der Waals surface area (Å²) in [5.74, 6) is -0.995. The van der Waals surface area contributed by atoms with Crippen LogP contribution in [0.4, 0.5) is 0 Å². The third-order valence-corrected chi connectivity index (χ3v) is 3.01. The summed E-state index contributed by atoms with van der Waals surface area (Å²) >= 11 is 0.